The van der Waals surface area contributed by atoms with Crippen LogP contribution in [0.4, 0.5) is 10.5 Å². The van der Waals surface area contributed by atoms with Gasteiger partial charge in [0.25, 0.3) is 0 Å². The van der Waals surface area contributed by atoms with E-state index in [1.165, 1.54) is 28.6 Å². The lowest BCUT2D eigenvalue weighted by Gasteiger charge is -2.33. The van der Waals surface area contributed by atoms with Gasteiger partial charge in [0.05, 0.1) is 36.2 Å². The molecular formula is C31H37N3O7S. The van der Waals surface area contributed by atoms with Gasteiger partial charge in [0.15, 0.2) is 6.29 Å². The molecule has 0 spiro atoms. The smallest absolute Gasteiger partial charge is 0.407 e. The minimum atomic E-state index is -4.08. The van der Waals surface area contributed by atoms with Gasteiger partial charge >= 0.3 is 6.09 Å². The Morgan fingerprint density at radius 3 is 2.40 bits per heavy atom. The third kappa shape index (κ3) is 6.93. The minimum Gasteiger partial charge on any atom is -0.443 e. The van der Waals surface area contributed by atoms with E-state index in [-0.39, 0.29) is 36.7 Å². The Morgan fingerprint density at radius 1 is 1.05 bits per heavy atom. The molecule has 2 heterocycles. The van der Waals surface area contributed by atoms with Crippen LogP contribution in [0.5, 0.6) is 0 Å². The highest BCUT2D eigenvalue weighted by molar-refractivity contribution is 7.89. The van der Waals surface area contributed by atoms with Crippen molar-refractivity contribution in [2.24, 2.45) is 5.92 Å². The van der Waals surface area contributed by atoms with Crippen molar-refractivity contribution >= 4 is 21.8 Å². The normalized spacial score (nSPS) is 22.3. The Morgan fingerprint density at radius 2 is 1.71 bits per heavy atom. The molecule has 42 heavy (non-hydrogen) atoms. The molecule has 3 aromatic carbocycles. The molecule has 2 fully saturated rings. The number of nitrogens with one attached hydrogen (secondary N) is 1. The van der Waals surface area contributed by atoms with Crippen molar-refractivity contribution < 1.29 is 32.5 Å². The van der Waals surface area contributed by atoms with Crippen molar-refractivity contribution in [3.05, 3.63) is 96.1 Å². The fourth-order valence-electron chi connectivity index (χ4n) is 5.47. The SMILES string of the molecule is CC(c1ccccc1)N(C[C@H](O)[C@H](Cc1ccccc1)NC(=O)O[C@H]1CO[C@H]2OCC[C@H]21)S(=O)(=O)c1ccc(N)cc1. The summed E-state index contributed by atoms with van der Waals surface area (Å²) in [5.74, 6) is -0.0412. The lowest BCUT2D eigenvalue weighted by atomic mass is 10.0. The maximum Gasteiger partial charge on any atom is 0.407 e. The van der Waals surface area contributed by atoms with Crippen LogP contribution in [0.1, 0.15) is 30.5 Å². The van der Waals surface area contributed by atoms with Crippen LogP contribution in [0.15, 0.2) is 89.8 Å². The molecule has 10 nitrogen and oxygen atoms in total. The van der Waals surface area contributed by atoms with Gasteiger partial charge in [-0.3, -0.25) is 0 Å². The number of carbonyl (C=O) groups is 1. The van der Waals surface area contributed by atoms with Crippen molar-refractivity contribution in [2.75, 3.05) is 25.5 Å². The topological polar surface area (TPSA) is 140 Å². The van der Waals surface area contributed by atoms with Gasteiger partial charge in [-0.15, -0.1) is 0 Å². The van der Waals surface area contributed by atoms with E-state index in [9.17, 15) is 18.3 Å². The monoisotopic (exact) mass is 595 g/mol. The standard InChI is InChI=1S/C31H37N3O7S/c1-21(23-10-6-3-7-11-23)34(42(37,38)25-14-12-24(32)13-15-25)19-28(35)27(18-22-8-4-2-5-9-22)33-31(36)41-29-20-40-30-26(29)16-17-39-30/h2-15,21,26-30,35H,16-20,32H2,1H3,(H,33,36)/t21?,26-,27-,28-,29-,30+/m0/s1. The molecule has 4 N–H and O–H groups in total. The highest BCUT2D eigenvalue weighted by atomic mass is 32.2. The van der Waals surface area contributed by atoms with Crippen LogP contribution in [0, 0.1) is 5.92 Å². The summed E-state index contributed by atoms with van der Waals surface area (Å²) in [5, 5.41) is 14.4. The number of carbonyl (C=O) groups excluding carboxylic acids is 1. The molecule has 3 aromatic rings. The van der Waals surface area contributed by atoms with Crippen molar-refractivity contribution in [3.63, 3.8) is 0 Å². The van der Waals surface area contributed by atoms with E-state index in [2.05, 4.69) is 5.32 Å². The third-order valence-electron chi connectivity index (χ3n) is 7.88. The van der Waals surface area contributed by atoms with Gasteiger partial charge in [0.1, 0.15) is 6.10 Å². The highest BCUT2D eigenvalue weighted by Gasteiger charge is 2.44. The number of aliphatic hydroxyl groups is 1. The second kappa shape index (κ2) is 13.2. The van der Waals surface area contributed by atoms with Gasteiger partial charge in [-0.25, -0.2) is 13.2 Å². The summed E-state index contributed by atoms with van der Waals surface area (Å²) in [5.41, 5.74) is 7.86. The lowest BCUT2D eigenvalue weighted by Crippen LogP contribution is -2.51. The Balaban J connectivity index is 1.39. The number of benzene rings is 3. The highest BCUT2D eigenvalue weighted by Crippen LogP contribution is 2.33. The molecule has 1 unspecified atom stereocenters. The predicted molar refractivity (Wildman–Crippen MR) is 157 cm³/mol. The zero-order chi connectivity index (χ0) is 29.7. The van der Waals surface area contributed by atoms with Crippen LogP contribution in [-0.4, -0.2) is 68.2 Å². The van der Waals surface area contributed by atoms with Crippen LogP contribution in [0.25, 0.3) is 0 Å². The fourth-order valence-corrected chi connectivity index (χ4v) is 7.11. The maximum atomic E-state index is 14.0. The van der Waals surface area contributed by atoms with E-state index < -0.39 is 40.4 Å². The summed E-state index contributed by atoms with van der Waals surface area (Å²) < 4.78 is 46.0. The first-order valence-electron chi connectivity index (χ1n) is 14.1. The second-order valence-corrected chi connectivity index (χ2v) is 12.6. The zero-order valence-corrected chi connectivity index (χ0v) is 24.2. The van der Waals surface area contributed by atoms with Gasteiger partial charge in [-0.2, -0.15) is 4.31 Å². The molecule has 2 saturated heterocycles. The molecule has 0 aromatic heterocycles. The van der Waals surface area contributed by atoms with Crippen LogP contribution in [-0.2, 0) is 30.7 Å². The number of hydrogen-bond donors (Lipinski definition) is 3. The lowest BCUT2D eigenvalue weighted by molar-refractivity contribution is -0.0907. The number of ether oxygens (including phenoxy) is 3. The van der Waals surface area contributed by atoms with Gasteiger partial charge in [0, 0.05) is 18.3 Å². The molecule has 11 heteroatoms. The average Bonchev–Trinajstić information content (AvgIpc) is 3.61. The molecule has 5 rings (SSSR count). The van der Waals surface area contributed by atoms with Crippen LogP contribution in [0.3, 0.4) is 0 Å². The number of anilines is 1. The average molecular weight is 596 g/mol. The summed E-state index contributed by atoms with van der Waals surface area (Å²) in [4.78, 5) is 13.1. The van der Waals surface area contributed by atoms with Crippen molar-refractivity contribution in [3.8, 4) is 0 Å². The number of nitrogens with zero attached hydrogens (tertiary/aromatic N) is 1. The molecule has 6 atom stereocenters. The van der Waals surface area contributed by atoms with Crippen molar-refractivity contribution in [1.29, 1.82) is 0 Å². The number of nitrogens with two attached hydrogens (primary N) is 1. The molecule has 0 saturated carbocycles. The Bertz CT molecular complexity index is 1420. The fraction of sp³-hybridized carbons (Fsp3) is 0.387. The van der Waals surface area contributed by atoms with Crippen molar-refractivity contribution in [1.82, 2.24) is 9.62 Å². The predicted octanol–water partition coefficient (Wildman–Crippen LogP) is 3.48. The van der Waals surface area contributed by atoms with E-state index in [1.54, 1.807) is 6.92 Å². The third-order valence-corrected chi connectivity index (χ3v) is 9.83. The summed E-state index contributed by atoms with van der Waals surface area (Å²) in [6, 6.07) is 23.0. The molecule has 0 bridgehead atoms. The number of sulfonamides is 1. The Hall–Kier alpha value is -3.48. The number of fused-ring (bicyclic) bond motifs is 1. The van der Waals surface area contributed by atoms with Gasteiger partial charge < -0.3 is 30.4 Å². The van der Waals surface area contributed by atoms with Crippen molar-refractivity contribution in [2.45, 2.75) is 55.2 Å². The van der Waals surface area contributed by atoms with E-state index in [4.69, 9.17) is 19.9 Å². The summed E-state index contributed by atoms with van der Waals surface area (Å²) >= 11 is 0. The van der Waals surface area contributed by atoms with Crippen LogP contribution >= 0.6 is 0 Å². The molecule has 0 radical (unpaired) electrons. The van der Waals surface area contributed by atoms with Gasteiger partial charge in [-0.05, 0) is 55.2 Å². The van der Waals surface area contributed by atoms with Crippen LogP contribution < -0.4 is 11.1 Å². The summed E-state index contributed by atoms with van der Waals surface area (Å²) in [7, 11) is -4.08. The zero-order valence-electron chi connectivity index (χ0n) is 23.4. The number of amides is 1. The quantitative estimate of drug-likeness (QED) is 0.286. The molecule has 2 aliphatic rings. The summed E-state index contributed by atoms with van der Waals surface area (Å²) in [6.07, 6.45) is -1.85. The number of rotatable bonds is 11. The molecule has 1 amide bonds. The number of aliphatic hydroxyl groups excluding tert-OH is 1. The first-order valence-corrected chi connectivity index (χ1v) is 15.5. The maximum absolute atomic E-state index is 14.0. The molecular weight excluding hydrogens is 558 g/mol. The van der Waals surface area contributed by atoms with Gasteiger partial charge in [-0.1, -0.05) is 60.7 Å². The van der Waals surface area contributed by atoms with E-state index in [1.807, 2.05) is 60.7 Å². The van der Waals surface area contributed by atoms with Gasteiger partial charge in [0.2, 0.25) is 10.0 Å². The number of hydrogen-bond acceptors (Lipinski definition) is 8. The first kappa shape index (κ1) is 30.0. The van der Waals surface area contributed by atoms with E-state index in [0.717, 1.165) is 17.5 Å². The van der Waals surface area contributed by atoms with Crippen LogP contribution in [0.2, 0.25) is 0 Å². The van der Waals surface area contributed by atoms with E-state index >= 15 is 0 Å². The number of nitrogen functional groups attached to an aromatic ring is 1. The molecule has 2 aliphatic heterocycles. The second-order valence-electron chi connectivity index (χ2n) is 10.7. The Kier molecular flexibility index (Phi) is 9.44. The minimum absolute atomic E-state index is 0.0412. The molecule has 0 aliphatic carbocycles. The molecule has 224 valence electrons. The number of alkyl carbamates (subject to hydrolysis) is 1. The summed E-state index contributed by atoms with van der Waals surface area (Å²) in [6.45, 7) is 2.26. The largest absolute Gasteiger partial charge is 0.443 e. The van der Waals surface area contributed by atoms with E-state index in [0.29, 0.717) is 12.3 Å². The Labute approximate surface area is 246 Å². The first-order chi connectivity index (χ1) is 20.2.